The molecule has 0 saturated carbocycles. The molecule has 0 spiro atoms. The maximum Gasteiger partial charge on any atom is 0.278 e. The number of hydrogen-bond donors (Lipinski definition) is 2. The molecule has 0 aliphatic carbocycles. The number of nitrogens with one attached hydrogen (secondary N) is 2. The SMILES string of the molecule is O=C(CSc1nc2c(=O)[nH]cnc2n1C[C@H]1CCCO1)Nc1ccc(Br)cc1. The fraction of sp³-hybridized carbons (Fsp3) is 0.333. The van der Waals surface area contributed by atoms with Crippen molar-refractivity contribution < 1.29 is 9.53 Å². The van der Waals surface area contributed by atoms with Gasteiger partial charge in [-0.1, -0.05) is 27.7 Å². The molecule has 0 radical (unpaired) electrons. The number of fused-ring (bicyclic) bond motifs is 1. The molecule has 1 aliphatic rings. The van der Waals surface area contributed by atoms with Gasteiger partial charge >= 0.3 is 0 Å². The lowest BCUT2D eigenvalue weighted by Gasteiger charge is -2.13. The van der Waals surface area contributed by atoms with Gasteiger partial charge in [0.1, 0.15) is 0 Å². The van der Waals surface area contributed by atoms with Crippen molar-refractivity contribution in [1.29, 1.82) is 0 Å². The first-order valence-corrected chi connectivity index (χ1v) is 10.6. The fourth-order valence-corrected chi connectivity index (χ4v) is 4.12. The molecule has 2 aromatic heterocycles. The summed E-state index contributed by atoms with van der Waals surface area (Å²) >= 11 is 4.64. The van der Waals surface area contributed by atoms with Crippen LogP contribution in [-0.4, -0.2) is 43.9 Å². The number of carbonyl (C=O) groups is 1. The lowest BCUT2D eigenvalue weighted by atomic mass is 10.2. The van der Waals surface area contributed by atoms with Crippen molar-refractivity contribution in [2.24, 2.45) is 0 Å². The minimum absolute atomic E-state index is 0.0643. The monoisotopic (exact) mass is 463 g/mol. The molecule has 1 amide bonds. The van der Waals surface area contributed by atoms with Crippen LogP contribution in [0, 0.1) is 0 Å². The Hall–Kier alpha value is -2.17. The lowest BCUT2D eigenvalue weighted by Crippen LogP contribution is -2.18. The Kier molecular flexibility index (Phi) is 5.79. The number of hydrogen-bond acceptors (Lipinski definition) is 6. The fourth-order valence-electron chi connectivity index (χ4n) is 3.06. The molecule has 8 nitrogen and oxygen atoms in total. The highest BCUT2D eigenvalue weighted by molar-refractivity contribution is 9.10. The first-order valence-electron chi connectivity index (χ1n) is 8.84. The van der Waals surface area contributed by atoms with Crippen LogP contribution in [-0.2, 0) is 16.1 Å². The Bertz CT molecular complexity index is 1040. The summed E-state index contributed by atoms with van der Waals surface area (Å²) in [7, 11) is 0. The van der Waals surface area contributed by atoms with E-state index in [-0.39, 0.29) is 28.8 Å². The molecule has 146 valence electrons. The zero-order chi connectivity index (χ0) is 19.5. The van der Waals surface area contributed by atoms with Gasteiger partial charge in [0.05, 0.1) is 24.7 Å². The molecule has 3 aromatic rings. The summed E-state index contributed by atoms with van der Waals surface area (Å²) in [5, 5.41) is 3.44. The van der Waals surface area contributed by atoms with E-state index in [0.717, 1.165) is 29.6 Å². The average molecular weight is 464 g/mol. The van der Waals surface area contributed by atoms with Crippen LogP contribution in [0.2, 0.25) is 0 Å². The molecule has 4 rings (SSSR count). The van der Waals surface area contributed by atoms with E-state index >= 15 is 0 Å². The molecular weight excluding hydrogens is 446 g/mol. The number of aromatic nitrogens is 4. The summed E-state index contributed by atoms with van der Waals surface area (Å²) in [6, 6.07) is 7.37. The number of benzene rings is 1. The summed E-state index contributed by atoms with van der Waals surface area (Å²) in [6.07, 6.45) is 3.41. The van der Waals surface area contributed by atoms with Gasteiger partial charge in [0.15, 0.2) is 16.3 Å². The van der Waals surface area contributed by atoms with Crippen molar-refractivity contribution in [3.63, 3.8) is 0 Å². The number of aromatic amines is 1. The van der Waals surface area contributed by atoms with Gasteiger partial charge in [-0.15, -0.1) is 0 Å². The minimum atomic E-state index is -0.294. The highest BCUT2D eigenvalue weighted by Crippen LogP contribution is 2.24. The third-order valence-corrected chi connectivity index (χ3v) is 5.88. The summed E-state index contributed by atoms with van der Waals surface area (Å²) < 4.78 is 8.54. The van der Waals surface area contributed by atoms with Crippen LogP contribution in [0.5, 0.6) is 0 Å². The van der Waals surface area contributed by atoms with Gasteiger partial charge in [-0.25, -0.2) is 9.97 Å². The van der Waals surface area contributed by atoms with E-state index in [1.807, 2.05) is 28.8 Å². The van der Waals surface area contributed by atoms with Crippen molar-refractivity contribution >= 4 is 50.5 Å². The number of rotatable bonds is 6. The second-order valence-electron chi connectivity index (χ2n) is 6.39. The molecule has 1 fully saturated rings. The zero-order valence-corrected chi connectivity index (χ0v) is 17.3. The van der Waals surface area contributed by atoms with Gasteiger partial charge in [-0.3, -0.25) is 9.59 Å². The zero-order valence-electron chi connectivity index (χ0n) is 14.9. The van der Waals surface area contributed by atoms with Crippen molar-refractivity contribution in [3.8, 4) is 0 Å². The summed E-state index contributed by atoms with van der Waals surface area (Å²) in [5.41, 5.74) is 1.21. The highest BCUT2D eigenvalue weighted by atomic mass is 79.9. The number of imidazole rings is 1. The normalized spacial score (nSPS) is 16.5. The number of halogens is 1. The topological polar surface area (TPSA) is 102 Å². The number of thioether (sulfide) groups is 1. The van der Waals surface area contributed by atoms with Gasteiger partial charge < -0.3 is 19.6 Å². The van der Waals surface area contributed by atoms with Gasteiger partial charge in [-0.2, -0.15) is 0 Å². The van der Waals surface area contributed by atoms with E-state index in [0.29, 0.717) is 17.3 Å². The molecule has 1 atom stereocenters. The third-order valence-electron chi connectivity index (χ3n) is 4.37. The third kappa shape index (κ3) is 4.29. The van der Waals surface area contributed by atoms with Crippen molar-refractivity contribution in [2.45, 2.75) is 30.6 Å². The molecule has 0 unspecified atom stereocenters. The lowest BCUT2D eigenvalue weighted by molar-refractivity contribution is -0.113. The van der Waals surface area contributed by atoms with Gasteiger partial charge in [0.2, 0.25) is 5.91 Å². The molecule has 10 heteroatoms. The molecule has 0 bridgehead atoms. The highest BCUT2D eigenvalue weighted by Gasteiger charge is 2.22. The van der Waals surface area contributed by atoms with E-state index in [9.17, 15) is 9.59 Å². The Morgan fingerprint density at radius 3 is 2.96 bits per heavy atom. The maximum atomic E-state index is 12.3. The summed E-state index contributed by atoms with van der Waals surface area (Å²) in [4.78, 5) is 35.7. The van der Waals surface area contributed by atoms with Crippen LogP contribution in [0.15, 0.2) is 45.0 Å². The average Bonchev–Trinajstić information content (AvgIpc) is 3.32. The van der Waals surface area contributed by atoms with Gasteiger partial charge in [0.25, 0.3) is 5.56 Å². The van der Waals surface area contributed by atoms with Gasteiger partial charge in [0, 0.05) is 16.8 Å². The van der Waals surface area contributed by atoms with Crippen molar-refractivity contribution in [1.82, 2.24) is 19.5 Å². The van der Waals surface area contributed by atoms with Crippen LogP contribution in [0.4, 0.5) is 5.69 Å². The summed E-state index contributed by atoms with van der Waals surface area (Å²) in [5.74, 6) is 0.0212. The van der Waals surface area contributed by atoms with Crippen LogP contribution in [0.25, 0.3) is 11.2 Å². The Morgan fingerprint density at radius 1 is 1.39 bits per heavy atom. The first-order chi connectivity index (χ1) is 13.6. The second kappa shape index (κ2) is 8.46. The maximum absolute atomic E-state index is 12.3. The minimum Gasteiger partial charge on any atom is -0.376 e. The first kappa shape index (κ1) is 19.2. The predicted molar refractivity (Wildman–Crippen MR) is 111 cm³/mol. The van der Waals surface area contributed by atoms with Gasteiger partial charge in [-0.05, 0) is 37.1 Å². The van der Waals surface area contributed by atoms with E-state index in [2.05, 4.69) is 36.2 Å². The number of amides is 1. The molecule has 28 heavy (non-hydrogen) atoms. The Morgan fingerprint density at radius 2 is 2.21 bits per heavy atom. The van der Waals surface area contributed by atoms with E-state index < -0.39 is 0 Å². The number of nitrogens with zero attached hydrogens (tertiary/aromatic N) is 3. The molecule has 1 aromatic carbocycles. The predicted octanol–water partition coefficient (Wildman–Crippen LogP) is 2.79. The van der Waals surface area contributed by atoms with Crippen LogP contribution in [0.3, 0.4) is 0 Å². The quantitative estimate of drug-likeness (QED) is 0.544. The van der Waals surface area contributed by atoms with E-state index in [4.69, 9.17) is 4.74 Å². The van der Waals surface area contributed by atoms with Crippen LogP contribution < -0.4 is 10.9 Å². The Balaban J connectivity index is 1.52. The number of anilines is 1. The Labute approximate surface area is 173 Å². The van der Waals surface area contributed by atoms with Crippen molar-refractivity contribution in [2.75, 3.05) is 17.7 Å². The standard InChI is InChI=1S/C18H18BrN5O3S/c19-11-3-5-12(6-4-11)22-14(25)9-28-18-23-15-16(20-10-21-17(15)26)24(18)8-13-2-1-7-27-13/h3-6,10,13H,1-2,7-9H2,(H,22,25)(H,20,21,26)/t13-/m1/s1. The number of H-pyrrole nitrogens is 1. The van der Waals surface area contributed by atoms with E-state index in [1.54, 1.807) is 0 Å². The van der Waals surface area contributed by atoms with Crippen molar-refractivity contribution in [3.05, 3.63) is 45.4 Å². The smallest absolute Gasteiger partial charge is 0.278 e. The largest absolute Gasteiger partial charge is 0.376 e. The number of carbonyl (C=O) groups excluding carboxylic acids is 1. The molecular formula is C18H18BrN5O3S. The molecule has 1 saturated heterocycles. The number of ether oxygens (including phenoxy) is 1. The van der Waals surface area contributed by atoms with Crippen LogP contribution >= 0.6 is 27.7 Å². The van der Waals surface area contributed by atoms with Crippen LogP contribution in [0.1, 0.15) is 12.8 Å². The molecule has 1 aliphatic heterocycles. The molecule has 2 N–H and O–H groups in total. The van der Waals surface area contributed by atoms with E-state index in [1.165, 1.54) is 18.1 Å². The second-order valence-corrected chi connectivity index (χ2v) is 8.25. The molecule has 3 heterocycles. The summed E-state index contributed by atoms with van der Waals surface area (Å²) in [6.45, 7) is 1.30.